The van der Waals surface area contributed by atoms with Crippen LogP contribution in [-0.2, 0) is 6.42 Å². The molecule has 0 radical (unpaired) electrons. The summed E-state index contributed by atoms with van der Waals surface area (Å²) in [6.45, 7) is 4.15. The fraction of sp³-hybridized carbons (Fsp3) is 0.231. The second-order valence-corrected chi connectivity index (χ2v) is 4.37. The molecule has 0 aliphatic rings. The van der Waals surface area contributed by atoms with Gasteiger partial charge >= 0.3 is 0 Å². The highest BCUT2D eigenvalue weighted by atomic mass is 32.1. The van der Waals surface area contributed by atoms with Crippen LogP contribution in [0.3, 0.4) is 0 Å². The largest absolute Gasteiger partial charge is 0.389 e. The van der Waals surface area contributed by atoms with E-state index in [4.69, 9.17) is 18.0 Å². The van der Waals surface area contributed by atoms with Gasteiger partial charge in [0.25, 0.3) is 0 Å². The molecule has 1 heterocycles. The third-order valence-corrected chi connectivity index (χ3v) is 3.01. The number of imidazole rings is 1. The van der Waals surface area contributed by atoms with Gasteiger partial charge in [-0.3, -0.25) is 0 Å². The number of aromatic nitrogens is 2. The van der Waals surface area contributed by atoms with Gasteiger partial charge in [0.05, 0.1) is 0 Å². The summed E-state index contributed by atoms with van der Waals surface area (Å²) in [6.07, 6.45) is 4.70. The topological polar surface area (TPSA) is 43.8 Å². The molecule has 0 aliphatic heterocycles. The van der Waals surface area contributed by atoms with Gasteiger partial charge in [0, 0.05) is 30.1 Å². The highest BCUT2D eigenvalue weighted by Crippen LogP contribution is 2.17. The number of nitrogens with zero attached hydrogens (tertiary/aromatic N) is 2. The molecule has 2 N–H and O–H groups in total. The van der Waals surface area contributed by atoms with Gasteiger partial charge in [0.15, 0.2) is 0 Å². The first-order valence-electron chi connectivity index (χ1n) is 5.56. The van der Waals surface area contributed by atoms with E-state index in [1.54, 1.807) is 0 Å². The molecule has 4 heteroatoms. The summed E-state index contributed by atoms with van der Waals surface area (Å²) in [7, 11) is 0. The molecule has 0 amide bonds. The maximum absolute atomic E-state index is 5.62. The fourth-order valence-electron chi connectivity index (χ4n) is 1.89. The minimum atomic E-state index is 0.431. The van der Waals surface area contributed by atoms with E-state index in [0.29, 0.717) is 4.99 Å². The smallest absolute Gasteiger partial charge is 0.112 e. The maximum atomic E-state index is 5.62. The molecule has 88 valence electrons. The fourth-order valence-corrected chi connectivity index (χ4v) is 2.02. The summed E-state index contributed by atoms with van der Waals surface area (Å²) in [5.74, 6) is 1.05. The van der Waals surface area contributed by atoms with Crippen molar-refractivity contribution in [3.05, 3.63) is 47.5 Å². The van der Waals surface area contributed by atoms with Crippen molar-refractivity contribution in [1.82, 2.24) is 9.55 Å². The van der Waals surface area contributed by atoms with Gasteiger partial charge in [-0.05, 0) is 30.7 Å². The number of benzene rings is 1. The van der Waals surface area contributed by atoms with Gasteiger partial charge in [-0.2, -0.15) is 0 Å². The van der Waals surface area contributed by atoms with Gasteiger partial charge in [0.1, 0.15) is 10.8 Å². The van der Waals surface area contributed by atoms with Gasteiger partial charge in [-0.25, -0.2) is 4.98 Å². The van der Waals surface area contributed by atoms with Crippen LogP contribution in [0.25, 0.3) is 5.69 Å². The van der Waals surface area contributed by atoms with Crippen LogP contribution in [0.15, 0.2) is 30.6 Å². The standard InChI is InChI=1S/C13H15N3S/c1-3-12-15-6-7-16(12)11-5-4-10(13(14)17)8-9(11)2/h4-8H,3H2,1-2H3,(H2,14,17). The zero-order chi connectivity index (χ0) is 12.4. The van der Waals surface area contributed by atoms with E-state index >= 15 is 0 Å². The molecule has 0 unspecified atom stereocenters. The van der Waals surface area contributed by atoms with Gasteiger partial charge in [-0.15, -0.1) is 0 Å². The molecular weight excluding hydrogens is 230 g/mol. The number of rotatable bonds is 3. The Kier molecular flexibility index (Phi) is 3.24. The van der Waals surface area contributed by atoms with Crippen molar-refractivity contribution in [3.63, 3.8) is 0 Å². The molecule has 0 fully saturated rings. The summed E-state index contributed by atoms with van der Waals surface area (Å²) in [5.41, 5.74) is 8.79. The number of nitrogens with two attached hydrogens (primary N) is 1. The second-order valence-electron chi connectivity index (χ2n) is 3.93. The zero-order valence-corrected chi connectivity index (χ0v) is 10.8. The summed E-state index contributed by atoms with van der Waals surface area (Å²) >= 11 is 4.97. The molecule has 2 rings (SSSR count). The van der Waals surface area contributed by atoms with Crippen LogP contribution >= 0.6 is 12.2 Å². The highest BCUT2D eigenvalue weighted by molar-refractivity contribution is 7.80. The van der Waals surface area contributed by atoms with E-state index in [2.05, 4.69) is 23.4 Å². The van der Waals surface area contributed by atoms with Crippen molar-refractivity contribution in [2.45, 2.75) is 20.3 Å². The minimum Gasteiger partial charge on any atom is -0.389 e. The van der Waals surface area contributed by atoms with Crippen LogP contribution in [0.2, 0.25) is 0 Å². The van der Waals surface area contributed by atoms with Crippen molar-refractivity contribution in [2.24, 2.45) is 5.73 Å². The predicted octanol–water partition coefficient (Wildman–Crippen LogP) is 2.38. The average molecular weight is 245 g/mol. The second kappa shape index (κ2) is 4.67. The van der Waals surface area contributed by atoms with Crippen LogP contribution < -0.4 is 5.73 Å². The van der Waals surface area contributed by atoms with E-state index in [-0.39, 0.29) is 0 Å². The highest BCUT2D eigenvalue weighted by Gasteiger charge is 2.07. The molecule has 0 atom stereocenters. The molecule has 0 aliphatic carbocycles. The molecule has 0 spiro atoms. The summed E-state index contributed by atoms with van der Waals surface area (Å²) in [6, 6.07) is 5.99. The summed E-state index contributed by atoms with van der Waals surface area (Å²) in [4.78, 5) is 4.75. The molecule has 3 nitrogen and oxygen atoms in total. The van der Waals surface area contributed by atoms with Crippen LogP contribution in [0.4, 0.5) is 0 Å². The van der Waals surface area contributed by atoms with Crippen LogP contribution in [0.5, 0.6) is 0 Å². The van der Waals surface area contributed by atoms with Crippen molar-refractivity contribution in [3.8, 4) is 5.69 Å². The molecular formula is C13H15N3S. The van der Waals surface area contributed by atoms with Crippen LogP contribution in [0.1, 0.15) is 23.9 Å². The summed E-state index contributed by atoms with van der Waals surface area (Å²) < 4.78 is 2.10. The lowest BCUT2D eigenvalue weighted by atomic mass is 10.1. The molecule has 1 aromatic carbocycles. The van der Waals surface area contributed by atoms with E-state index < -0.39 is 0 Å². The predicted molar refractivity (Wildman–Crippen MR) is 73.6 cm³/mol. The normalized spacial score (nSPS) is 10.5. The Hall–Kier alpha value is -1.68. The Morgan fingerprint density at radius 2 is 2.24 bits per heavy atom. The van der Waals surface area contributed by atoms with Crippen molar-refractivity contribution < 1.29 is 0 Å². The first kappa shape index (κ1) is 11.8. The first-order chi connectivity index (χ1) is 8.13. The van der Waals surface area contributed by atoms with Crippen molar-refractivity contribution >= 4 is 17.2 Å². The van der Waals surface area contributed by atoms with E-state index in [1.165, 1.54) is 0 Å². The number of aryl methyl sites for hydroxylation is 2. The van der Waals surface area contributed by atoms with Crippen molar-refractivity contribution in [2.75, 3.05) is 0 Å². The Balaban J connectivity index is 2.50. The Labute approximate surface area is 106 Å². The molecule has 1 aromatic heterocycles. The Morgan fingerprint density at radius 3 is 2.82 bits per heavy atom. The van der Waals surface area contributed by atoms with Gasteiger partial charge in [-0.1, -0.05) is 19.1 Å². The lowest BCUT2D eigenvalue weighted by Gasteiger charge is -2.11. The number of hydrogen-bond donors (Lipinski definition) is 1. The number of thiocarbonyl (C=S) groups is 1. The lowest BCUT2D eigenvalue weighted by Crippen LogP contribution is -2.10. The minimum absolute atomic E-state index is 0.431. The molecule has 2 aromatic rings. The van der Waals surface area contributed by atoms with E-state index in [1.807, 2.05) is 30.6 Å². The third-order valence-electron chi connectivity index (χ3n) is 2.77. The van der Waals surface area contributed by atoms with Crippen molar-refractivity contribution in [1.29, 1.82) is 0 Å². The molecule has 17 heavy (non-hydrogen) atoms. The lowest BCUT2D eigenvalue weighted by molar-refractivity contribution is 0.886. The quantitative estimate of drug-likeness (QED) is 0.844. The number of hydrogen-bond acceptors (Lipinski definition) is 2. The van der Waals surface area contributed by atoms with E-state index in [9.17, 15) is 0 Å². The molecule has 0 bridgehead atoms. The van der Waals surface area contributed by atoms with Gasteiger partial charge < -0.3 is 10.3 Å². The Bertz CT molecular complexity index is 558. The van der Waals surface area contributed by atoms with Gasteiger partial charge in [0.2, 0.25) is 0 Å². The Morgan fingerprint density at radius 1 is 1.47 bits per heavy atom. The summed E-state index contributed by atoms with van der Waals surface area (Å²) in [5, 5.41) is 0. The molecule has 0 saturated heterocycles. The van der Waals surface area contributed by atoms with E-state index in [0.717, 1.165) is 29.1 Å². The van der Waals surface area contributed by atoms with Crippen LogP contribution in [0, 0.1) is 6.92 Å². The molecule has 0 saturated carbocycles. The monoisotopic (exact) mass is 245 g/mol. The first-order valence-corrected chi connectivity index (χ1v) is 5.97. The maximum Gasteiger partial charge on any atom is 0.112 e. The third kappa shape index (κ3) is 2.22. The zero-order valence-electron chi connectivity index (χ0n) is 9.97. The average Bonchev–Trinajstić information content (AvgIpc) is 2.76. The van der Waals surface area contributed by atoms with Crippen LogP contribution in [-0.4, -0.2) is 14.5 Å². The SMILES string of the molecule is CCc1nccn1-c1ccc(C(N)=S)cc1C.